The van der Waals surface area contributed by atoms with Crippen LogP contribution in [0.4, 0.5) is 0 Å². The molecule has 0 aromatic heterocycles. The van der Waals surface area contributed by atoms with Crippen LogP contribution < -0.4 is 10.9 Å². The molecular weight excluding hydrogens is 280 g/mol. The van der Waals surface area contributed by atoms with Gasteiger partial charge in [-0.15, -0.1) is 0 Å². The van der Waals surface area contributed by atoms with Crippen molar-refractivity contribution in [3.05, 3.63) is 35.4 Å². The topological polar surface area (TPSA) is 82.9 Å². The van der Waals surface area contributed by atoms with Gasteiger partial charge in [0.2, 0.25) is 0 Å². The summed E-state index contributed by atoms with van der Waals surface area (Å²) in [7, 11) is 0. The number of amides is 2. The Labute approximate surface area is 130 Å². The largest absolute Gasteiger partial charge is 0.271 e. The molecule has 0 aliphatic rings. The number of benzene rings is 1. The zero-order chi connectivity index (χ0) is 16.5. The summed E-state index contributed by atoms with van der Waals surface area (Å²) in [5, 5.41) is 7.91. The molecule has 0 fully saturated rings. The predicted molar refractivity (Wildman–Crippen MR) is 88.2 cm³/mol. The predicted octanol–water partition coefficient (Wildman–Crippen LogP) is 2.72. The van der Waals surface area contributed by atoms with E-state index in [1.807, 2.05) is 27.7 Å². The Hall–Kier alpha value is -2.50. The first kappa shape index (κ1) is 17.6. The molecule has 6 nitrogen and oxygen atoms in total. The summed E-state index contributed by atoms with van der Waals surface area (Å²) in [5.74, 6) is -0.612. The van der Waals surface area contributed by atoms with Gasteiger partial charge in [-0.25, -0.2) is 10.9 Å². The summed E-state index contributed by atoms with van der Waals surface area (Å²) >= 11 is 0. The highest BCUT2D eigenvalue weighted by Gasteiger charge is 2.08. The summed E-state index contributed by atoms with van der Waals surface area (Å²) in [5.41, 5.74) is 7.51. The monoisotopic (exact) mass is 302 g/mol. The number of hydrazone groups is 2. The van der Waals surface area contributed by atoms with Crippen molar-refractivity contribution in [2.75, 3.05) is 0 Å². The maximum absolute atomic E-state index is 11.9. The lowest BCUT2D eigenvalue weighted by molar-refractivity contribution is 0.0943. The normalized spacial score (nSPS) is 12.0. The Balaban J connectivity index is 2.70. The van der Waals surface area contributed by atoms with Gasteiger partial charge in [-0.05, 0) is 51.0 Å². The van der Waals surface area contributed by atoms with E-state index in [1.165, 1.54) is 0 Å². The molecule has 6 heteroatoms. The van der Waals surface area contributed by atoms with Crippen LogP contribution in [0, 0.1) is 0 Å². The van der Waals surface area contributed by atoms with Crippen LogP contribution in [-0.2, 0) is 0 Å². The van der Waals surface area contributed by atoms with Crippen molar-refractivity contribution in [2.24, 2.45) is 10.2 Å². The van der Waals surface area contributed by atoms with Gasteiger partial charge in [-0.2, -0.15) is 10.2 Å². The average molecular weight is 302 g/mol. The van der Waals surface area contributed by atoms with Gasteiger partial charge in [-0.3, -0.25) is 9.59 Å². The van der Waals surface area contributed by atoms with Gasteiger partial charge in [0.25, 0.3) is 11.8 Å². The lowest BCUT2D eigenvalue weighted by Gasteiger charge is -2.04. The van der Waals surface area contributed by atoms with E-state index >= 15 is 0 Å². The fraction of sp³-hybridized carbons (Fsp3) is 0.375. The second-order valence-electron chi connectivity index (χ2n) is 4.86. The van der Waals surface area contributed by atoms with E-state index in [0.717, 1.165) is 24.3 Å². The van der Waals surface area contributed by atoms with Crippen LogP contribution in [0.15, 0.2) is 34.5 Å². The third kappa shape index (κ3) is 5.47. The fourth-order valence-corrected chi connectivity index (χ4v) is 1.35. The first-order chi connectivity index (χ1) is 10.5. The van der Waals surface area contributed by atoms with Crippen LogP contribution in [0.2, 0.25) is 0 Å². The molecule has 0 saturated carbocycles. The van der Waals surface area contributed by atoms with Crippen molar-refractivity contribution in [2.45, 2.75) is 40.5 Å². The zero-order valence-corrected chi connectivity index (χ0v) is 13.4. The number of rotatable bonds is 6. The maximum atomic E-state index is 11.9. The van der Waals surface area contributed by atoms with E-state index in [1.54, 1.807) is 24.3 Å². The molecule has 0 saturated heterocycles. The Kier molecular flexibility index (Phi) is 6.95. The third-order valence-corrected chi connectivity index (χ3v) is 3.13. The molecule has 0 aliphatic heterocycles. The molecule has 1 aromatic carbocycles. The maximum Gasteiger partial charge on any atom is 0.271 e. The molecule has 0 heterocycles. The molecule has 22 heavy (non-hydrogen) atoms. The van der Waals surface area contributed by atoms with Crippen molar-refractivity contribution in [3.63, 3.8) is 0 Å². The van der Waals surface area contributed by atoms with E-state index in [9.17, 15) is 9.59 Å². The van der Waals surface area contributed by atoms with Crippen LogP contribution >= 0.6 is 0 Å². The molecule has 1 rings (SSSR count). The minimum atomic E-state index is -0.306. The van der Waals surface area contributed by atoms with Crippen LogP contribution in [0.1, 0.15) is 61.3 Å². The molecule has 118 valence electrons. The smallest absolute Gasteiger partial charge is 0.267 e. The van der Waals surface area contributed by atoms with Crippen molar-refractivity contribution in [3.8, 4) is 0 Å². The standard InChI is InChI=1S/C16H22N4O2/c1-5-11(3)17-19-15(21)13-7-9-14(10-8-13)16(22)20-18-12(4)6-2/h7-10H,5-6H2,1-4H3,(H,19,21)(H,20,22)/b17-11-,18-12-. The molecule has 0 spiro atoms. The number of carbonyl (C=O) groups is 2. The molecule has 0 unspecified atom stereocenters. The van der Waals surface area contributed by atoms with Gasteiger partial charge in [0.05, 0.1) is 0 Å². The Morgan fingerprint density at radius 2 is 1.14 bits per heavy atom. The first-order valence-corrected chi connectivity index (χ1v) is 7.25. The summed E-state index contributed by atoms with van der Waals surface area (Å²) < 4.78 is 0. The Morgan fingerprint density at radius 1 is 0.818 bits per heavy atom. The SMILES string of the molecule is CC/C(C)=N\NC(=O)c1ccc(C(=O)N/N=C(/C)CC)cc1. The summed E-state index contributed by atoms with van der Waals surface area (Å²) in [6, 6.07) is 6.32. The lowest BCUT2D eigenvalue weighted by atomic mass is 10.1. The van der Waals surface area contributed by atoms with Crippen molar-refractivity contribution in [1.29, 1.82) is 0 Å². The fourth-order valence-electron chi connectivity index (χ4n) is 1.35. The van der Waals surface area contributed by atoms with Crippen LogP contribution in [0.3, 0.4) is 0 Å². The quantitative estimate of drug-likeness (QED) is 0.625. The van der Waals surface area contributed by atoms with Crippen LogP contribution in [0.5, 0.6) is 0 Å². The van der Waals surface area contributed by atoms with E-state index in [-0.39, 0.29) is 11.8 Å². The molecule has 0 atom stereocenters. The highest BCUT2D eigenvalue weighted by Crippen LogP contribution is 2.05. The molecule has 0 aliphatic carbocycles. The van der Waals surface area contributed by atoms with Gasteiger partial charge >= 0.3 is 0 Å². The van der Waals surface area contributed by atoms with Gasteiger partial charge < -0.3 is 0 Å². The minimum Gasteiger partial charge on any atom is -0.267 e. The summed E-state index contributed by atoms with van der Waals surface area (Å²) in [6.45, 7) is 7.60. The Morgan fingerprint density at radius 3 is 1.41 bits per heavy atom. The minimum absolute atomic E-state index is 0.306. The summed E-state index contributed by atoms with van der Waals surface area (Å²) in [6.07, 6.45) is 1.55. The molecule has 0 radical (unpaired) electrons. The van der Waals surface area contributed by atoms with E-state index in [2.05, 4.69) is 21.1 Å². The number of carbonyl (C=O) groups excluding carboxylic acids is 2. The zero-order valence-electron chi connectivity index (χ0n) is 13.4. The van der Waals surface area contributed by atoms with Gasteiger partial charge in [0, 0.05) is 22.6 Å². The Bertz CT molecular complexity index is 536. The van der Waals surface area contributed by atoms with Crippen molar-refractivity contribution >= 4 is 23.2 Å². The second-order valence-corrected chi connectivity index (χ2v) is 4.86. The van der Waals surface area contributed by atoms with Crippen molar-refractivity contribution in [1.82, 2.24) is 10.9 Å². The van der Waals surface area contributed by atoms with Crippen molar-refractivity contribution < 1.29 is 9.59 Å². The van der Waals surface area contributed by atoms with E-state index in [4.69, 9.17) is 0 Å². The highest BCUT2D eigenvalue weighted by atomic mass is 16.2. The van der Waals surface area contributed by atoms with Gasteiger partial charge in [-0.1, -0.05) is 13.8 Å². The second kappa shape index (κ2) is 8.71. The average Bonchev–Trinajstić information content (AvgIpc) is 2.56. The van der Waals surface area contributed by atoms with Gasteiger partial charge in [0.15, 0.2) is 0 Å². The van der Waals surface area contributed by atoms with Crippen LogP contribution in [-0.4, -0.2) is 23.2 Å². The molecule has 2 amide bonds. The molecule has 1 aromatic rings. The van der Waals surface area contributed by atoms with Gasteiger partial charge in [0.1, 0.15) is 0 Å². The number of nitrogens with one attached hydrogen (secondary N) is 2. The molecule has 2 N–H and O–H groups in total. The highest BCUT2D eigenvalue weighted by molar-refractivity contribution is 5.98. The third-order valence-electron chi connectivity index (χ3n) is 3.13. The number of nitrogens with zero attached hydrogens (tertiary/aromatic N) is 2. The van der Waals surface area contributed by atoms with E-state index in [0.29, 0.717) is 11.1 Å². The van der Waals surface area contributed by atoms with Crippen LogP contribution in [0.25, 0.3) is 0 Å². The first-order valence-electron chi connectivity index (χ1n) is 7.25. The summed E-state index contributed by atoms with van der Waals surface area (Å²) in [4.78, 5) is 23.7. The lowest BCUT2D eigenvalue weighted by Crippen LogP contribution is -2.20. The van der Waals surface area contributed by atoms with E-state index < -0.39 is 0 Å². The number of hydrogen-bond acceptors (Lipinski definition) is 4. The molecular formula is C16H22N4O2. The molecule has 0 bridgehead atoms. The number of hydrogen-bond donors (Lipinski definition) is 2.